The molecule has 1 atom stereocenters. The van der Waals surface area contributed by atoms with Gasteiger partial charge in [0.15, 0.2) is 10.6 Å². The van der Waals surface area contributed by atoms with Gasteiger partial charge in [0, 0.05) is 42.7 Å². The molecule has 2 heterocycles. The molecule has 0 fully saturated rings. The Morgan fingerprint density at radius 2 is 1.82 bits per heavy atom. The predicted molar refractivity (Wildman–Crippen MR) is 135 cm³/mol. The summed E-state index contributed by atoms with van der Waals surface area (Å²) in [6.07, 6.45) is 1.79. The highest BCUT2D eigenvalue weighted by Gasteiger charge is 2.30. The molecule has 0 spiro atoms. The van der Waals surface area contributed by atoms with Crippen molar-refractivity contribution in [1.82, 2.24) is 4.57 Å². The molecular weight excluding hydrogens is 450 g/mol. The first-order chi connectivity index (χ1) is 16.2. The number of thiazole rings is 1. The molecule has 4 rings (SSSR count). The monoisotopic (exact) mass is 477 g/mol. The molecule has 0 radical (unpaired) electrons. The van der Waals surface area contributed by atoms with E-state index in [2.05, 4.69) is 4.99 Å². The van der Waals surface area contributed by atoms with Crippen molar-refractivity contribution in [3.05, 3.63) is 84.5 Å². The molecule has 2 aromatic carbocycles. The maximum absolute atomic E-state index is 13.6. The highest BCUT2D eigenvalue weighted by atomic mass is 32.1. The van der Waals surface area contributed by atoms with Gasteiger partial charge in [-0.2, -0.15) is 0 Å². The van der Waals surface area contributed by atoms with Gasteiger partial charge in [-0.15, -0.1) is 0 Å². The Morgan fingerprint density at radius 1 is 1.12 bits per heavy atom. The fourth-order valence-corrected chi connectivity index (χ4v) is 5.16. The van der Waals surface area contributed by atoms with Crippen molar-refractivity contribution < 1.29 is 14.3 Å². The van der Waals surface area contributed by atoms with Gasteiger partial charge in [-0.05, 0) is 49.8 Å². The number of methoxy groups -OCH3 is 2. The first kappa shape index (κ1) is 23.5. The van der Waals surface area contributed by atoms with Gasteiger partial charge in [-0.3, -0.25) is 14.2 Å². The van der Waals surface area contributed by atoms with E-state index in [1.54, 1.807) is 30.9 Å². The zero-order valence-electron chi connectivity index (χ0n) is 20.1. The van der Waals surface area contributed by atoms with Crippen molar-refractivity contribution in [3.63, 3.8) is 0 Å². The van der Waals surface area contributed by atoms with Crippen LogP contribution in [-0.2, 0) is 4.79 Å². The second kappa shape index (κ2) is 9.30. The number of hydrogen-bond acceptors (Lipinski definition) is 7. The molecule has 8 heteroatoms. The Hall–Kier alpha value is -3.65. The molecule has 1 aliphatic heterocycles. The minimum absolute atomic E-state index is 0.103. The van der Waals surface area contributed by atoms with E-state index in [-0.39, 0.29) is 11.3 Å². The lowest BCUT2D eigenvalue weighted by Crippen LogP contribution is -2.39. The van der Waals surface area contributed by atoms with Crippen molar-refractivity contribution >= 4 is 28.9 Å². The van der Waals surface area contributed by atoms with Gasteiger partial charge in [0.2, 0.25) is 0 Å². The third kappa shape index (κ3) is 4.17. The Bertz CT molecular complexity index is 1460. The average molecular weight is 478 g/mol. The number of aromatic nitrogens is 1. The standard InChI is InChI=1S/C26H27N3O4S/c1-15-23(16(2)30)24(17-7-10-19(11-8-17)28(3)4)29-25(31)22(34-26(29)27-15)13-18-9-12-20(32-5)14-21(18)33-6/h7-14,24H,1-6H3/t24-/m1/s1. The summed E-state index contributed by atoms with van der Waals surface area (Å²) in [7, 11) is 7.10. The third-order valence-electron chi connectivity index (χ3n) is 5.85. The molecule has 0 N–H and O–H groups in total. The van der Waals surface area contributed by atoms with Crippen LogP contribution in [0.4, 0.5) is 5.69 Å². The van der Waals surface area contributed by atoms with Gasteiger partial charge in [-0.1, -0.05) is 23.5 Å². The Morgan fingerprint density at radius 3 is 2.41 bits per heavy atom. The molecule has 0 bridgehead atoms. The van der Waals surface area contributed by atoms with Crippen LogP contribution in [0.1, 0.15) is 31.0 Å². The normalized spacial score (nSPS) is 15.6. The van der Waals surface area contributed by atoms with Gasteiger partial charge < -0.3 is 14.4 Å². The molecule has 0 unspecified atom stereocenters. The summed E-state index contributed by atoms with van der Waals surface area (Å²) in [5, 5.41) is 0. The van der Waals surface area contributed by atoms with E-state index in [1.807, 2.05) is 62.3 Å². The van der Waals surface area contributed by atoms with Crippen molar-refractivity contribution in [2.45, 2.75) is 19.9 Å². The maximum atomic E-state index is 13.6. The average Bonchev–Trinajstić information content (AvgIpc) is 3.12. The van der Waals surface area contributed by atoms with E-state index in [1.165, 1.54) is 18.3 Å². The Kier molecular flexibility index (Phi) is 6.43. The first-order valence-electron chi connectivity index (χ1n) is 10.8. The van der Waals surface area contributed by atoms with Crippen LogP contribution in [0.5, 0.6) is 11.5 Å². The number of ketones is 1. The predicted octanol–water partition coefficient (Wildman–Crippen LogP) is 2.91. The summed E-state index contributed by atoms with van der Waals surface area (Å²) in [5.74, 6) is 1.16. The summed E-state index contributed by atoms with van der Waals surface area (Å²) in [6, 6.07) is 12.8. The Balaban J connectivity index is 1.93. The minimum atomic E-state index is -0.537. The molecule has 0 amide bonds. The first-order valence-corrected chi connectivity index (χ1v) is 11.6. The molecule has 7 nitrogen and oxygen atoms in total. The molecule has 1 aliphatic rings. The van der Waals surface area contributed by atoms with Crippen LogP contribution in [0.25, 0.3) is 6.08 Å². The number of fused-ring (bicyclic) bond motifs is 1. The van der Waals surface area contributed by atoms with E-state index < -0.39 is 6.04 Å². The highest BCUT2D eigenvalue weighted by molar-refractivity contribution is 7.07. The number of carbonyl (C=O) groups excluding carboxylic acids is 1. The van der Waals surface area contributed by atoms with E-state index in [9.17, 15) is 9.59 Å². The summed E-state index contributed by atoms with van der Waals surface area (Å²) in [4.78, 5) is 33.5. The maximum Gasteiger partial charge on any atom is 0.271 e. The van der Waals surface area contributed by atoms with E-state index in [0.29, 0.717) is 32.1 Å². The van der Waals surface area contributed by atoms with Gasteiger partial charge in [0.05, 0.1) is 24.8 Å². The number of rotatable bonds is 6. The van der Waals surface area contributed by atoms with Gasteiger partial charge in [-0.25, -0.2) is 4.99 Å². The van der Waals surface area contributed by atoms with Crippen molar-refractivity contribution in [2.24, 2.45) is 4.99 Å². The van der Waals surface area contributed by atoms with Crippen molar-refractivity contribution in [2.75, 3.05) is 33.2 Å². The van der Waals surface area contributed by atoms with Crippen LogP contribution in [0.2, 0.25) is 0 Å². The smallest absolute Gasteiger partial charge is 0.271 e. The highest BCUT2D eigenvalue weighted by Crippen LogP contribution is 2.31. The lowest BCUT2D eigenvalue weighted by molar-refractivity contribution is -0.114. The van der Waals surface area contributed by atoms with E-state index in [0.717, 1.165) is 16.8 Å². The number of benzene rings is 2. The van der Waals surface area contributed by atoms with Gasteiger partial charge >= 0.3 is 0 Å². The largest absolute Gasteiger partial charge is 0.497 e. The van der Waals surface area contributed by atoms with Gasteiger partial charge in [0.1, 0.15) is 11.5 Å². The fraction of sp³-hybridized carbons (Fsp3) is 0.269. The number of anilines is 1. The molecule has 0 saturated heterocycles. The SMILES string of the molecule is COc1ccc(C=c2sc3n(c2=O)[C@H](c2ccc(N(C)C)cc2)C(C(C)=O)=C(C)N=3)c(OC)c1. The number of nitrogens with zero attached hydrogens (tertiary/aromatic N) is 3. The summed E-state index contributed by atoms with van der Waals surface area (Å²) < 4.78 is 12.9. The molecule has 3 aromatic rings. The Labute approximate surface area is 201 Å². The minimum Gasteiger partial charge on any atom is -0.497 e. The molecule has 0 aliphatic carbocycles. The number of Topliss-reactive ketones (excluding diaryl/α,β-unsaturated/α-hetero) is 1. The summed E-state index contributed by atoms with van der Waals surface area (Å²) >= 11 is 1.30. The van der Waals surface area contributed by atoms with Crippen molar-refractivity contribution in [3.8, 4) is 11.5 Å². The van der Waals surface area contributed by atoms with Crippen LogP contribution in [0.3, 0.4) is 0 Å². The molecule has 0 saturated carbocycles. The number of carbonyl (C=O) groups is 1. The van der Waals surface area contributed by atoms with Crippen LogP contribution < -0.4 is 29.3 Å². The van der Waals surface area contributed by atoms with Crippen molar-refractivity contribution in [1.29, 1.82) is 0 Å². The lowest BCUT2D eigenvalue weighted by atomic mass is 9.93. The van der Waals surface area contributed by atoms with Gasteiger partial charge in [0.25, 0.3) is 5.56 Å². The second-order valence-electron chi connectivity index (χ2n) is 8.23. The van der Waals surface area contributed by atoms with E-state index >= 15 is 0 Å². The quantitative estimate of drug-likeness (QED) is 0.546. The molecular formula is C26H27N3O4S. The second-order valence-corrected chi connectivity index (χ2v) is 9.24. The molecule has 34 heavy (non-hydrogen) atoms. The fourth-order valence-electron chi connectivity index (χ4n) is 4.12. The van der Waals surface area contributed by atoms with Crippen LogP contribution >= 0.6 is 11.3 Å². The third-order valence-corrected chi connectivity index (χ3v) is 6.84. The zero-order chi connectivity index (χ0) is 24.6. The lowest BCUT2D eigenvalue weighted by Gasteiger charge is -2.25. The zero-order valence-corrected chi connectivity index (χ0v) is 20.9. The van der Waals surface area contributed by atoms with Crippen LogP contribution in [-0.4, -0.2) is 38.7 Å². The van der Waals surface area contributed by atoms with Crippen LogP contribution in [0.15, 0.2) is 63.5 Å². The number of hydrogen-bond donors (Lipinski definition) is 0. The topological polar surface area (TPSA) is 73.1 Å². The van der Waals surface area contributed by atoms with Crippen LogP contribution in [0, 0.1) is 0 Å². The van der Waals surface area contributed by atoms with E-state index in [4.69, 9.17) is 9.47 Å². The molecule has 176 valence electrons. The summed E-state index contributed by atoms with van der Waals surface area (Å²) in [6.45, 7) is 3.34. The molecule has 1 aromatic heterocycles. The summed E-state index contributed by atoms with van der Waals surface area (Å²) in [5.41, 5.74) is 3.60. The number of allylic oxidation sites excluding steroid dienone is 2. The number of ether oxygens (including phenoxy) is 2.